The third kappa shape index (κ3) is 4.33. The number of nitrogens with one attached hydrogen (secondary N) is 1. The van der Waals surface area contributed by atoms with Crippen LogP contribution in [0.3, 0.4) is 0 Å². The molecule has 27 heavy (non-hydrogen) atoms. The summed E-state index contributed by atoms with van der Waals surface area (Å²) >= 11 is 0. The molecule has 7 nitrogen and oxygen atoms in total. The number of carbonyl (C=O) groups excluding carboxylic acids is 1. The molecule has 1 aliphatic rings. The smallest absolute Gasteiger partial charge is 0.251 e. The Labute approximate surface area is 158 Å². The molecule has 0 aliphatic carbocycles. The average Bonchev–Trinajstić information content (AvgIpc) is 2.71. The molecule has 0 bridgehead atoms. The van der Waals surface area contributed by atoms with Crippen LogP contribution in [0, 0.1) is 0 Å². The number of rotatable bonds is 6. The molecule has 1 heterocycles. The summed E-state index contributed by atoms with van der Waals surface area (Å²) in [5.41, 5.74) is 0.951. The van der Waals surface area contributed by atoms with Gasteiger partial charge in [0.05, 0.1) is 18.0 Å². The summed E-state index contributed by atoms with van der Waals surface area (Å²) in [6.45, 7) is 2.25. The molecule has 1 unspecified atom stereocenters. The zero-order valence-electron chi connectivity index (χ0n) is 15.2. The molecule has 0 saturated carbocycles. The number of hydrogen-bond acceptors (Lipinski definition) is 5. The number of anilines is 1. The van der Waals surface area contributed by atoms with E-state index in [-0.39, 0.29) is 17.8 Å². The Morgan fingerprint density at radius 2 is 1.81 bits per heavy atom. The van der Waals surface area contributed by atoms with E-state index in [4.69, 9.17) is 9.47 Å². The zero-order chi connectivity index (χ0) is 19.4. The number of sulfonamides is 1. The number of para-hydroxylation sites is 2. The highest BCUT2D eigenvalue weighted by Gasteiger charge is 2.21. The number of amides is 1. The van der Waals surface area contributed by atoms with Crippen LogP contribution in [0.5, 0.6) is 11.5 Å². The lowest BCUT2D eigenvalue weighted by atomic mass is 10.2. The Hall–Kier alpha value is -2.74. The lowest BCUT2D eigenvalue weighted by Gasteiger charge is -2.26. The first-order valence-corrected chi connectivity index (χ1v) is 10.2. The average molecular weight is 390 g/mol. The van der Waals surface area contributed by atoms with Gasteiger partial charge in [-0.1, -0.05) is 12.1 Å². The van der Waals surface area contributed by atoms with Crippen molar-refractivity contribution < 1.29 is 22.7 Å². The largest absolute Gasteiger partial charge is 0.486 e. The van der Waals surface area contributed by atoms with Gasteiger partial charge in [-0.2, -0.15) is 0 Å². The van der Waals surface area contributed by atoms with Gasteiger partial charge in [0.2, 0.25) is 10.0 Å². The van der Waals surface area contributed by atoms with Gasteiger partial charge in [0, 0.05) is 12.6 Å². The van der Waals surface area contributed by atoms with Crippen molar-refractivity contribution in [3.8, 4) is 11.5 Å². The number of nitrogens with zero attached hydrogens (tertiary/aromatic N) is 1. The first-order valence-electron chi connectivity index (χ1n) is 8.64. The van der Waals surface area contributed by atoms with Crippen molar-refractivity contribution in [1.82, 2.24) is 5.32 Å². The molecule has 3 rings (SSSR count). The summed E-state index contributed by atoms with van der Waals surface area (Å²) < 4.78 is 36.4. The fourth-order valence-corrected chi connectivity index (χ4v) is 3.48. The Morgan fingerprint density at radius 3 is 2.48 bits per heavy atom. The fraction of sp³-hybridized carbons (Fsp3) is 0.316. The molecule has 1 amide bonds. The van der Waals surface area contributed by atoms with Crippen LogP contribution in [0.2, 0.25) is 0 Å². The third-order valence-electron chi connectivity index (χ3n) is 4.33. The molecular formula is C19H22N2O5S. The summed E-state index contributed by atoms with van der Waals surface area (Å²) in [6.07, 6.45) is -0.274. The van der Waals surface area contributed by atoms with Gasteiger partial charge in [-0.15, -0.1) is 0 Å². The molecule has 0 spiro atoms. The standard InChI is InChI=1S/C19H22N2O5S/c1-3-27(23,24)21(2)15-10-8-14(9-11-15)19(22)20-12-16-13-25-17-6-4-5-7-18(17)26-16/h4-11,16H,3,12-13H2,1-2H3,(H,20,22). The van der Waals surface area contributed by atoms with Crippen molar-refractivity contribution in [3.05, 3.63) is 54.1 Å². The lowest BCUT2D eigenvalue weighted by Crippen LogP contribution is -2.40. The van der Waals surface area contributed by atoms with Crippen molar-refractivity contribution in [2.24, 2.45) is 0 Å². The van der Waals surface area contributed by atoms with E-state index in [1.165, 1.54) is 11.4 Å². The molecule has 1 N–H and O–H groups in total. The highest BCUT2D eigenvalue weighted by molar-refractivity contribution is 7.92. The number of ether oxygens (including phenoxy) is 2. The molecule has 0 saturated heterocycles. The quantitative estimate of drug-likeness (QED) is 0.816. The zero-order valence-corrected chi connectivity index (χ0v) is 16.0. The minimum atomic E-state index is -3.33. The van der Waals surface area contributed by atoms with Crippen LogP contribution in [-0.2, 0) is 10.0 Å². The van der Waals surface area contributed by atoms with Gasteiger partial charge in [0.15, 0.2) is 11.5 Å². The molecule has 0 fully saturated rings. The Balaban J connectivity index is 1.57. The summed E-state index contributed by atoms with van der Waals surface area (Å²) in [5.74, 6) is 1.11. The Bertz CT molecular complexity index is 912. The van der Waals surface area contributed by atoms with Gasteiger partial charge in [-0.3, -0.25) is 9.10 Å². The second-order valence-electron chi connectivity index (χ2n) is 6.12. The first-order chi connectivity index (χ1) is 12.9. The first kappa shape index (κ1) is 19.0. The van der Waals surface area contributed by atoms with Crippen molar-refractivity contribution >= 4 is 21.6 Å². The summed E-state index contributed by atoms with van der Waals surface area (Å²) in [4.78, 5) is 12.3. The minimum Gasteiger partial charge on any atom is -0.486 e. The molecule has 1 aliphatic heterocycles. The van der Waals surface area contributed by atoms with E-state index in [1.807, 2.05) is 24.3 Å². The molecule has 8 heteroatoms. The van der Waals surface area contributed by atoms with E-state index in [0.717, 1.165) is 0 Å². The number of fused-ring (bicyclic) bond motifs is 1. The van der Waals surface area contributed by atoms with Crippen LogP contribution in [-0.4, -0.2) is 46.4 Å². The van der Waals surface area contributed by atoms with Crippen LogP contribution in [0.15, 0.2) is 48.5 Å². The maximum atomic E-state index is 12.3. The van der Waals surface area contributed by atoms with Gasteiger partial charge >= 0.3 is 0 Å². The monoisotopic (exact) mass is 390 g/mol. The van der Waals surface area contributed by atoms with Crippen molar-refractivity contribution in [2.75, 3.05) is 30.3 Å². The molecule has 2 aromatic rings. The number of carbonyl (C=O) groups is 1. The Morgan fingerprint density at radius 1 is 1.15 bits per heavy atom. The summed E-state index contributed by atoms with van der Waals surface area (Å²) in [7, 11) is -1.84. The van der Waals surface area contributed by atoms with E-state index in [2.05, 4.69) is 5.32 Å². The van der Waals surface area contributed by atoms with E-state index in [0.29, 0.717) is 35.9 Å². The molecular weight excluding hydrogens is 368 g/mol. The van der Waals surface area contributed by atoms with Crippen LogP contribution < -0.4 is 19.1 Å². The van der Waals surface area contributed by atoms with E-state index in [1.54, 1.807) is 31.2 Å². The van der Waals surface area contributed by atoms with Crippen molar-refractivity contribution in [3.63, 3.8) is 0 Å². The number of benzene rings is 2. The SMILES string of the molecule is CCS(=O)(=O)N(C)c1ccc(C(=O)NCC2COc3ccccc3O2)cc1. The van der Waals surface area contributed by atoms with Crippen LogP contribution in [0.1, 0.15) is 17.3 Å². The van der Waals surface area contributed by atoms with Crippen LogP contribution in [0.25, 0.3) is 0 Å². The summed E-state index contributed by atoms with van der Waals surface area (Å²) in [6, 6.07) is 13.8. The number of hydrogen-bond donors (Lipinski definition) is 1. The highest BCUT2D eigenvalue weighted by atomic mass is 32.2. The van der Waals surface area contributed by atoms with Gasteiger partial charge in [-0.25, -0.2) is 8.42 Å². The van der Waals surface area contributed by atoms with Gasteiger partial charge in [0.25, 0.3) is 5.91 Å². The van der Waals surface area contributed by atoms with Crippen molar-refractivity contribution in [2.45, 2.75) is 13.0 Å². The Kier molecular flexibility index (Phi) is 5.55. The lowest BCUT2D eigenvalue weighted by molar-refractivity contribution is 0.0789. The van der Waals surface area contributed by atoms with Gasteiger partial charge in [-0.05, 0) is 43.3 Å². The highest BCUT2D eigenvalue weighted by Crippen LogP contribution is 2.30. The molecule has 1 atom stereocenters. The third-order valence-corrected chi connectivity index (χ3v) is 6.11. The topological polar surface area (TPSA) is 84.9 Å². The van der Waals surface area contributed by atoms with E-state index in [9.17, 15) is 13.2 Å². The minimum absolute atomic E-state index is 0.0122. The van der Waals surface area contributed by atoms with Crippen LogP contribution in [0.4, 0.5) is 5.69 Å². The van der Waals surface area contributed by atoms with Crippen LogP contribution >= 0.6 is 0 Å². The second kappa shape index (κ2) is 7.87. The van der Waals surface area contributed by atoms with Gasteiger partial charge in [0.1, 0.15) is 12.7 Å². The molecule has 144 valence electrons. The maximum absolute atomic E-state index is 12.3. The fourth-order valence-electron chi connectivity index (χ4n) is 2.65. The van der Waals surface area contributed by atoms with E-state index >= 15 is 0 Å². The molecule has 2 aromatic carbocycles. The normalized spacial score (nSPS) is 15.9. The van der Waals surface area contributed by atoms with Crippen molar-refractivity contribution in [1.29, 1.82) is 0 Å². The predicted octanol–water partition coefficient (Wildman–Crippen LogP) is 2.04. The maximum Gasteiger partial charge on any atom is 0.251 e. The second-order valence-corrected chi connectivity index (χ2v) is 8.41. The summed E-state index contributed by atoms with van der Waals surface area (Å²) in [5, 5.41) is 2.81. The van der Waals surface area contributed by atoms with E-state index < -0.39 is 10.0 Å². The van der Waals surface area contributed by atoms with Gasteiger partial charge < -0.3 is 14.8 Å². The predicted molar refractivity (Wildman–Crippen MR) is 103 cm³/mol. The molecule has 0 aromatic heterocycles. The molecule has 0 radical (unpaired) electrons.